The number of aryl methyl sites for hydroxylation is 1. The van der Waals surface area contributed by atoms with Crippen LogP contribution in [0.2, 0.25) is 0 Å². The molecule has 0 aliphatic carbocycles. The van der Waals surface area contributed by atoms with E-state index in [2.05, 4.69) is 4.98 Å². The number of rotatable bonds is 6. The Kier molecular flexibility index (Phi) is 4.89. The van der Waals surface area contributed by atoms with Gasteiger partial charge in [0.1, 0.15) is 4.88 Å². The molecule has 1 aromatic rings. The van der Waals surface area contributed by atoms with Crippen molar-refractivity contribution in [1.82, 2.24) is 4.98 Å². The maximum absolute atomic E-state index is 11.0. The zero-order chi connectivity index (χ0) is 12.1. The van der Waals surface area contributed by atoms with Crippen LogP contribution in [0.4, 0.5) is 0 Å². The number of aromatic carboxylic acids is 1. The third kappa shape index (κ3) is 3.28. The van der Waals surface area contributed by atoms with Crippen LogP contribution >= 0.6 is 11.3 Å². The van der Waals surface area contributed by atoms with Crippen molar-refractivity contribution in [3.63, 3.8) is 0 Å². The minimum Gasteiger partial charge on any atom is -0.477 e. The summed E-state index contributed by atoms with van der Waals surface area (Å²) in [5.41, 5.74) is 6.54. The first-order valence-corrected chi connectivity index (χ1v) is 6.37. The first kappa shape index (κ1) is 13.1. The van der Waals surface area contributed by atoms with E-state index in [1.54, 1.807) is 0 Å². The van der Waals surface area contributed by atoms with Crippen molar-refractivity contribution in [3.8, 4) is 0 Å². The quantitative estimate of drug-likeness (QED) is 0.800. The molecule has 90 valence electrons. The van der Waals surface area contributed by atoms with E-state index in [1.807, 2.05) is 13.8 Å². The van der Waals surface area contributed by atoms with Gasteiger partial charge >= 0.3 is 5.97 Å². The van der Waals surface area contributed by atoms with E-state index in [9.17, 15) is 4.79 Å². The lowest BCUT2D eigenvalue weighted by Crippen LogP contribution is -2.21. The molecule has 1 rings (SSSR count). The van der Waals surface area contributed by atoms with E-state index in [0.29, 0.717) is 17.0 Å². The van der Waals surface area contributed by atoms with Gasteiger partial charge in [0.25, 0.3) is 0 Å². The van der Waals surface area contributed by atoms with Gasteiger partial charge in [0, 0.05) is 12.5 Å². The highest BCUT2D eigenvalue weighted by Crippen LogP contribution is 2.21. The predicted molar refractivity (Wildman–Crippen MR) is 65.0 cm³/mol. The standard InChI is InChI=1S/C11H18N2O2S/c1-3-5-8-10(11(14)15)16-9(13-8)6-7(12)4-2/h7H,3-6,12H2,1-2H3,(H,14,15). The second kappa shape index (κ2) is 5.96. The Labute approximate surface area is 99.5 Å². The van der Waals surface area contributed by atoms with Crippen LogP contribution in [-0.4, -0.2) is 22.1 Å². The summed E-state index contributed by atoms with van der Waals surface area (Å²) in [6.07, 6.45) is 3.18. The molecule has 0 amide bonds. The first-order chi connectivity index (χ1) is 7.58. The maximum atomic E-state index is 11.0. The fraction of sp³-hybridized carbons (Fsp3) is 0.636. The molecule has 5 heteroatoms. The van der Waals surface area contributed by atoms with Gasteiger partial charge in [0.05, 0.1) is 10.7 Å². The Balaban J connectivity index is 2.87. The fourth-order valence-electron chi connectivity index (χ4n) is 1.43. The molecule has 1 unspecified atom stereocenters. The highest BCUT2D eigenvalue weighted by molar-refractivity contribution is 7.13. The second-order valence-corrected chi connectivity index (χ2v) is 4.89. The third-order valence-electron chi connectivity index (χ3n) is 2.38. The van der Waals surface area contributed by atoms with E-state index in [0.717, 1.165) is 24.3 Å². The first-order valence-electron chi connectivity index (χ1n) is 5.55. The van der Waals surface area contributed by atoms with Crippen LogP contribution in [0.25, 0.3) is 0 Å². The highest BCUT2D eigenvalue weighted by atomic mass is 32.1. The number of carboxylic acids is 1. The van der Waals surface area contributed by atoms with Crippen LogP contribution in [-0.2, 0) is 12.8 Å². The Morgan fingerprint density at radius 1 is 1.56 bits per heavy atom. The average Bonchev–Trinajstić information content (AvgIpc) is 2.61. The summed E-state index contributed by atoms with van der Waals surface area (Å²) in [7, 11) is 0. The van der Waals surface area contributed by atoms with Gasteiger partial charge in [-0.1, -0.05) is 20.3 Å². The summed E-state index contributed by atoms with van der Waals surface area (Å²) >= 11 is 1.26. The molecule has 0 saturated heterocycles. The maximum Gasteiger partial charge on any atom is 0.347 e. The van der Waals surface area contributed by atoms with Crippen molar-refractivity contribution in [1.29, 1.82) is 0 Å². The molecular formula is C11H18N2O2S. The fourth-order valence-corrected chi connectivity index (χ4v) is 2.47. The van der Waals surface area contributed by atoms with Crippen LogP contribution in [0.3, 0.4) is 0 Å². The topological polar surface area (TPSA) is 76.2 Å². The van der Waals surface area contributed by atoms with Crippen molar-refractivity contribution in [2.45, 2.75) is 45.6 Å². The number of carboxylic acid groups (broad SMARTS) is 1. The lowest BCUT2D eigenvalue weighted by atomic mass is 10.2. The number of carbonyl (C=O) groups is 1. The molecule has 16 heavy (non-hydrogen) atoms. The van der Waals surface area contributed by atoms with Gasteiger partial charge < -0.3 is 10.8 Å². The number of hydrogen-bond donors (Lipinski definition) is 2. The van der Waals surface area contributed by atoms with Crippen LogP contribution < -0.4 is 5.73 Å². The predicted octanol–water partition coefficient (Wildman–Crippen LogP) is 2.07. The summed E-state index contributed by atoms with van der Waals surface area (Å²) in [5, 5.41) is 9.88. The number of nitrogens with two attached hydrogens (primary N) is 1. The molecule has 0 bridgehead atoms. The van der Waals surface area contributed by atoms with Gasteiger partial charge in [-0.2, -0.15) is 0 Å². The van der Waals surface area contributed by atoms with Crippen molar-refractivity contribution in [2.75, 3.05) is 0 Å². The van der Waals surface area contributed by atoms with Crippen molar-refractivity contribution >= 4 is 17.3 Å². The third-order valence-corrected chi connectivity index (χ3v) is 3.49. The minimum absolute atomic E-state index is 0.0715. The molecule has 0 aliphatic heterocycles. The highest BCUT2D eigenvalue weighted by Gasteiger charge is 2.17. The van der Waals surface area contributed by atoms with Gasteiger partial charge in [-0.3, -0.25) is 0 Å². The Morgan fingerprint density at radius 3 is 2.75 bits per heavy atom. The van der Waals surface area contributed by atoms with Crippen LogP contribution in [0.15, 0.2) is 0 Å². The van der Waals surface area contributed by atoms with Crippen LogP contribution in [0.5, 0.6) is 0 Å². The van der Waals surface area contributed by atoms with Crippen molar-refractivity contribution < 1.29 is 9.90 Å². The Bertz CT molecular complexity index is 363. The summed E-state index contributed by atoms with van der Waals surface area (Å²) < 4.78 is 0. The lowest BCUT2D eigenvalue weighted by Gasteiger charge is -2.04. The molecule has 0 aromatic carbocycles. The monoisotopic (exact) mass is 242 g/mol. The summed E-state index contributed by atoms with van der Waals surface area (Å²) in [5.74, 6) is -0.878. The average molecular weight is 242 g/mol. The lowest BCUT2D eigenvalue weighted by molar-refractivity contribution is 0.0700. The largest absolute Gasteiger partial charge is 0.477 e. The molecule has 3 N–H and O–H groups in total. The molecule has 1 atom stereocenters. The van der Waals surface area contributed by atoms with Gasteiger partial charge in [-0.25, -0.2) is 9.78 Å². The summed E-state index contributed by atoms with van der Waals surface area (Å²) in [6, 6.07) is 0.0715. The summed E-state index contributed by atoms with van der Waals surface area (Å²) in [6.45, 7) is 4.03. The molecule has 0 radical (unpaired) electrons. The van der Waals surface area contributed by atoms with E-state index in [4.69, 9.17) is 10.8 Å². The Morgan fingerprint density at radius 2 is 2.25 bits per heavy atom. The van der Waals surface area contributed by atoms with E-state index in [1.165, 1.54) is 11.3 Å². The molecule has 1 aromatic heterocycles. The number of thiazole rings is 1. The van der Waals surface area contributed by atoms with E-state index >= 15 is 0 Å². The molecule has 0 saturated carbocycles. The van der Waals surface area contributed by atoms with E-state index < -0.39 is 5.97 Å². The number of hydrogen-bond acceptors (Lipinski definition) is 4. The molecular weight excluding hydrogens is 224 g/mol. The molecule has 0 spiro atoms. The smallest absolute Gasteiger partial charge is 0.347 e. The number of nitrogens with zero attached hydrogens (tertiary/aromatic N) is 1. The van der Waals surface area contributed by atoms with Crippen LogP contribution in [0.1, 0.15) is 47.1 Å². The molecule has 4 nitrogen and oxygen atoms in total. The zero-order valence-electron chi connectivity index (χ0n) is 9.69. The van der Waals surface area contributed by atoms with Gasteiger partial charge in [-0.05, 0) is 12.8 Å². The van der Waals surface area contributed by atoms with Crippen LogP contribution in [0, 0.1) is 0 Å². The molecule has 0 aliphatic rings. The number of aromatic nitrogens is 1. The van der Waals surface area contributed by atoms with E-state index in [-0.39, 0.29) is 6.04 Å². The van der Waals surface area contributed by atoms with Gasteiger partial charge in [-0.15, -0.1) is 11.3 Å². The Hall–Kier alpha value is -0.940. The van der Waals surface area contributed by atoms with Gasteiger partial charge in [0.2, 0.25) is 0 Å². The second-order valence-electron chi connectivity index (χ2n) is 3.81. The summed E-state index contributed by atoms with van der Waals surface area (Å²) in [4.78, 5) is 15.7. The van der Waals surface area contributed by atoms with Gasteiger partial charge in [0.15, 0.2) is 0 Å². The molecule has 1 heterocycles. The SMILES string of the molecule is CCCc1nc(CC(N)CC)sc1C(=O)O. The minimum atomic E-state index is -0.878. The zero-order valence-corrected chi connectivity index (χ0v) is 10.5. The normalized spacial score (nSPS) is 12.7. The van der Waals surface area contributed by atoms with Crippen molar-refractivity contribution in [3.05, 3.63) is 15.6 Å². The van der Waals surface area contributed by atoms with Crippen molar-refractivity contribution in [2.24, 2.45) is 5.73 Å². The molecule has 0 fully saturated rings.